The van der Waals surface area contributed by atoms with Crippen molar-refractivity contribution >= 4 is 40.1 Å². The summed E-state index contributed by atoms with van der Waals surface area (Å²) in [6.07, 6.45) is 2.19. The number of ketones is 3. The molecule has 37 heavy (non-hydrogen) atoms. The molecule has 1 aliphatic rings. The van der Waals surface area contributed by atoms with E-state index in [9.17, 15) is 24.0 Å². The summed E-state index contributed by atoms with van der Waals surface area (Å²) in [5.41, 5.74) is -0.0450. The Morgan fingerprint density at radius 1 is 1.11 bits per heavy atom. The number of carbonyl (C=O) groups excluding carboxylic acids is 5. The molecule has 1 heterocycles. The first-order valence-electron chi connectivity index (χ1n) is 13.0. The maximum atomic E-state index is 13.4. The summed E-state index contributed by atoms with van der Waals surface area (Å²) in [5, 5.41) is 6.18. The zero-order chi connectivity index (χ0) is 27.3. The summed E-state index contributed by atoms with van der Waals surface area (Å²) >= 11 is 0. The molecular formula is C29H38N2O6. The molecular weight excluding hydrogens is 472 g/mol. The molecule has 3 rings (SSSR count). The van der Waals surface area contributed by atoms with Crippen LogP contribution in [-0.2, 0) is 19.2 Å². The van der Waals surface area contributed by atoms with Crippen LogP contribution in [0.25, 0.3) is 11.0 Å². The Balaban J connectivity index is 1.78. The van der Waals surface area contributed by atoms with E-state index < -0.39 is 35.1 Å². The number of para-hydroxylation sites is 1. The zero-order valence-electron chi connectivity index (χ0n) is 22.4. The number of amides is 2. The molecule has 1 saturated carbocycles. The number of hydrogen-bond acceptors (Lipinski definition) is 6. The molecule has 8 heteroatoms. The van der Waals surface area contributed by atoms with E-state index in [1.54, 1.807) is 32.9 Å². The molecule has 0 spiro atoms. The molecule has 0 radical (unpaired) electrons. The molecule has 1 fully saturated rings. The highest BCUT2D eigenvalue weighted by Crippen LogP contribution is 2.27. The first-order valence-corrected chi connectivity index (χ1v) is 13.0. The van der Waals surface area contributed by atoms with Crippen molar-refractivity contribution in [2.75, 3.05) is 0 Å². The summed E-state index contributed by atoms with van der Waals surface area (Å²) in [4.78, 5) is 64.6. The van der Waals surface area contributed by atoms with Crippen molar-refractivity contribution in [1.82, 2.24) is 10.6 Å². The topological polar surface area (TPSA) is 123 Å². The Bertz CT molecular complexity index is 1140. The quantitative estimate of drug-likeness (QED) is 0.341. The summed E-state index contributed by atoms with van der Waals surface area (Å²) in [6.45, 7) is 9.17. The lowest BCUT2D eigenvalue weighted by atomic mass is 9.89. The van der Waals surface area contributed by atoms with Crippen LogP contribution < -0.4 is 10.6 Å². The van der Waals surface area contributed by atoms with Crippen LogP contribution in [0.1, 0.15) is 83.7 Å². The lowest BCUT2D eigenvalue weighted by Gasteiger charge is -2.26. The molecule has 200 valence electrons. The first-order chi connectivity index (χ1) is 17.3. The number of hydrogen-bond donors (Lipinski definition) is 2. The molecule has 8 nitrogen and oxygen atoms in total. The summed E-state index contributed by atoms with van der Waals surface area (Å²) in [7, 11) is 0. The fraction of sp³-hybridized carbons (Fsp3) is 0.552. The maximum Gasteiger partial charge on any atom is 0.290 e. The minimum absolute atomic E-state index is 0.0436. The molecule has 1 aromatic heterocycles. The Hall–Kier alpha value is -3.29. The van der Waals surface area contributed by atoms with Gasteiger partial charge in [-0.25, -0.2) is 0 Å². The molecule has 0 saturated heterocycles. The molecule has 2 aromatic rings. The van der Waals surface area contributed by atoms with Crippen molar-refractivity contribution in [2.45, 2.75) is 84.7 Å². The molecule has 0 aliphatic heterocycles. The number of furan rings is 1. The third kappa shape index (κ3) is 7.84. The van der Waals surface area contributed by atoms with Gasteiger partial charge in [0.15, 0.2) is 11.5 Å². The lowest BCUT2D eigenvalue weighted by molar-refractivity contribution is -0.141. The Labute approximate surface area is 217 Å². The van der Waals surface area contributed by atoms with Crippen LogP contribution in [0, 0.1) is 17.8 Å². The van der Waals surface area contributed by atoms with E-state index in [1.807, 2.05) is 32.0 Å². The van der Waals surface area contributed by atoms with Crippen LogP contribution in [0.15, 0.2) is 34.7 Å². The highest BCUT2D eigenvalue weighted by molar-refractivity contribution is 6.38. The number of benzene rings is 1. The van der Waals surface area contributed by atoms with Gasteiger partial charge in [-0.2, -0.15) is 0 Å². The summed E-state index contributed by atoms with van der Waals surface area (Å²) in [6, 6.07) is 7.81. The van der Waals surface area contributed by atoms with Crippen molar-refractivity contribution in [3.05, 3.63) is 36.1 Å². The second kappa shape index (κ2) is 11.8. The van der Waals surface area contributed by atoms with Gasteiger partial charge in [0.1, 0.15) is 11.4 Å². The van der Waals surface area contributed by atoms with Gasteiger partial charge in [-0.05, 0) is 64.5 Å². The Morgan fingerprint density at radius 3 is 2.41 bits per heavy atom. The average Bonchev–Trinajstić information content (AvgIpc) is 3.42. The lowest BCUT2D eigenvalue weighted by Crippen LogP contribution is -2.53. The average molecular weight is 511 g/mol. The molecule has 1 aliphatic carbocycles. The maximum absolute atomic E-state index is 13.4. The molecule has 2 N–H and O–H groups in total. The Morgan fingerprint density at radius 2 is 1.81 bits per heavy atom. The molecule has 0 bridgehead atoms. The zero-order valence-corrected chi connectivity index (χ0v) is 22.4. The van der Waals surface area contributed by atoms with E-state index in [4.69, 9.17) is 4.42 Å². The van der Waals surface area contributed by atoms with Crippen LogP contribution in [-0.4, -0.2) is 40.7 Å². The van der Waals surface area contributed by atoms with Crippen molar-refractivity contribution in [3.8, 4) is 0 Å². The largest absolute Gasteiger partial charge is 0.453 e. The van der Waals surface area contributed by atoms with Crippen LogP contribution in [0.2, 0.25) is 0 Å². The van der Waals surface area contributed by atoms with Gasteiger partial charge in [-0.1, -0.05) is 32.0 Å². The van der Waals surface area contributed by atoms with E-state index in [0.717, 1.165) is 11.8 Å². The standard InChI is InChI=1S/C29H38N2O6/c1-17(2)13-20(15-23(33)25-16-19-9-6-7-12-24(19)37-25)27(35)30-21(14-18-10-8-11-22(18)32)26(34)28(36)31-29(3,4)5/h6-7,9,12,16-18,20-21H,8,10-11,13-15H2,1-5H3,(H,30,35)(H,31,36)/t18-,20+,21-/m0/s1. The number of carbonyl (C=O) groups is 5. The third-order valence-corrected chi connectivity index (χ3v) is 6.56. The molecule has 0 unspecified atom stereocenters. The van der Waals surface area contributed by atoms with Gasteiger partial charge >= 0.3 is 0 Å². The van der Waals surface area contributed by atoms with Crippen molar-refractivity contribution in [3.63, 3.8) is 0 Å². The summed E-state index contributed by atoms with van der Waals surface area (Å²) in [5.74, 6) is -3.15. The Kier molecular flexibility index (Phi) is 9.05. The highest BCUT2D eigenvalue weighted by atomic mass is 16.3. The van der Waals surface area contributed by atoms with Gasteiger partial charge in [0.05, 0.1) is 6.04 Å². The first kappa shape index (κ1) is 28.3. The van der Waals surface area contributed by atoms with Crippen LogP contribution in [0.5, 0.6) is 0 Å². The summed E-state index contributed by atoms with van der Waals surface area (Å²) < 4.78 is 5.69. The van der Waals surface area contributed by atoms with E-state index in [1.165, 1.54) is 0 Å². The minimum atomic E-state index is -1.14. The van der Waals surface area contributed by atoms with Gasteiger partial charge in [0, 0.05) is 35.6 Å². The van der Waals surface area contributed by atoms with Gasteiger partial charge in [0.25, 0.3) is 5.91 Å². The monoisotopic (exact) mass is 510 g/mol. The molecule has 3 atom stereocenters. The number of nitrogens with one attached hydrogen (secondary N) is 2. The molecule has 2 amide bonds. The van der Waals surface area contributed by atoms with Gasteiger partial charge in [0.2, 0.25) is 11.7 Å². The van der Waals surface area contributed by atoms with Gasteiger partial charge < -0.3 is 15.1 Å². The van der Waals surface area contributed by atoms with E-state index >= 15 is 0 Å². The normalized spacial score (nSPS) is 17.6. The minimum Gasteiger partial charge on any atom is -0.453 e. The van der Waals surface area contributed by atoms with Crippen LogP contribution in [0.4, 0.5) is 0 Å². The number of Topliss-reactive ketones (excluding diaryl/α,β-unsaturated/α-hetero) is 3. The molecule has 1 aromatic carbocycles. The predicted octanol–water partition coefficient (Wildman–Crippen LogP) is 4.40. The van der Waals surface area contributed by atoms with Crippen LogP contribution >= 0.6 is 0 Å². The van der Waals surface area contributed by atoms with E-state index in [-0.39, 0.29) is 42.0 Å². The van der Waals surface area contributed by atoms with Crippen molar-refractivity contribution in [1.29, 1.82) is 0 Å². The second-order valence-corrected chi connectivity index (χ2v) is 11.5. The highest BCUT2D eigenvalue weighted by Gasteiger charge is 2.36. The van der Waals surface area contributed by atoms with E-state index in [0.29, 0.717) is 24.8 Å². The SMILES string of the molecule is CC(C)C[C@H](CC(=O)c1cc2ccccc2o1)C(=O)N[C@@H](C[C@@H]1CCCC1=O)C(=O)C(=O)NC(C)(C)C. The second-order valence-electron chi connectivity index (χ2n) is 11.5. The fourth-order valence-corrected chi connectivity index (χ4v) is 4.80. The van der Waals surface area contributed by atoms with Gasteiger partial charge in [-0.3, -0.25) is 24.0 Å². The van der Waals surface area contributed by atoms with Crippen molar-refractivity contribution in [2.24, 2.45) is 17.8 Å². The number of rotatable bonds is 11. The smallest absolute Gasteiger partial charge is 0.290 e. The van der Waals surface area contributed by atoms with E-state index in [2.05, 4.69) is 10.6 Å². The predicted molar refractivity (Wildman–Crippen MR) is 140 cm³/mol. The number of fused-ring (bicyclic) bond motifs is 1. The fourth-order valence-electron chi connectivity index (χ4n) is 4.80. The van der Waals surface area contributed by atoms with Crippen molar-refractivity contribution < 1.29 is 28.4 Å². The van der Waals surface area contributed by atoms with Gasteiger partial charge in [-0.15, -0.1) is 0 Å². The van der Waals surface area contributed by atoms with Crippen LogP contribution in [0.3, 0.4) is 0 Å². The third-order valence-electron chi connectivity index (χ3n) is 6.56.